The average Bonchev–Trinajstić information content (AvgIpc) is 2.83. The quantitative estimate of drug-likeness (QED) is 0.723. The van der Waals surface area contributed by atoms with Crippen LogP contribution in [0.1, 0.15) is 45.9 Å². The Morgan fingerprint density at radius 3 is 2.36 bits per heavy atom. The molecule has 3 heterocycles. The number of piperidine rings is 1. The van der Waals surface area contributed by atoms with Gasteiger partial charge in [-0.05, 0) is 25.3 Å². The Kier molecular flexibility index (Phi) is 6.60. The highest BCUT2D eigenvalue weighted by molar-refractivity contribution is 6.29. The first-order valence-electron chi connectivity index (χ1n) is 8.95. The van der Waals surface area contributed by atoms with Crippen LogP contribution in [0.25, 0.3) is 0 Å². The topological polar surface area (TPSA) is 32.3 Å². The minimum atomic E-state index is -2.41. The molecule has 25 heavy (non-hydrogen) atoms. The third-order valence-corrected chi connectivity index (χ3v) is 4.82. The molecule has 0 aliphatic carbocycles. The number of aryl methyl sites for hydroxylation is 1. The van der Waals surface area contributed by atoms with Gasteiger partial charge in [-0.25, -0.2) is 18.7 Å². The summed E-state index contributed by atoms with van der Waals surface area (Å²) in [7, 11) is 1.71. The molecule has 0 spiro atoms. The summed E-state index contributed by atoms with van der Waals surface area (Å²) in [4.78, 5) is 12.8. The van der Waals surface area contributed by atoms with Crippen LogP contribution in [0, 0.1) is 5.41 Å². The summed E-state index contributed by atoms with van der Waals surface area (Å²) in [6, 6.07) is 1.88. The zero-order valence-electron chi connectivity index (χ0n) is 15.7. The molecule has 0 saturated carbocycles. The number of hydrogen-bond acceptors (Lipinski definition) is 4. The first-order chi connectivity index (χ1) is 11.6. The van der Waals surface area contributed by atoms with Crippen molar-refractivity contribution in [3.05, 3.63) is 17.0 Å². The van der Waals surface area contributed by atoms with Gasteiger partial charge < -0.3 is 9.80 Å². The van der Waals surface area contributed by atoms with Crippen LogP contribution in [-0.4, -0.2) is 54.0 Å². The van der Waals surface area contributed by atoms with Crippen molar-refractivity contribution in [1.82, 2.24) is 14.9 Å². The highest BCUT2D eigenvalue weighted by Gasteiger charge is 2.36. The van der Waals surface area contributed by atoms with Gasteiger partial charge in [-0.2, -0.15) is 0 Å². The van der Waals surface area contributed by atoms with Crippen LogP contribution in [0.15, 0.2) is 6.07 Å². The second-order valence-electron chi connectivity index (χ2n) is 7.85. The summed E-state index contributed by atoms with van der Waals surface area (Å²) in [5.74, 6) is -0.597. The monoisotopic (exact) mass is 374 g/mol. The zero-order chi connectivity index (χ0) is 18.7. The van der Waals surface area contributed by atoms with E-state index in [1.54, 1.807) is 11.9 Å². The van der Waals surface area contributed by atoms with Crippen molar-refractivity contribution >= 4 is 17.4 Å². The van der Waals surface area contributed by atoms with Crippen LogP contribution in [0.3, 0.4) is 0 Å². The lowest BCUT2D eigenvalue weighted by atomic mass is 9.84. The van der Waals surface area contributed by atoms with Gasteiger partial charge in [0.05, 0.1) is 6.54 Å². The van der Waals surface area contributed by atoms with E-state index < -0.39 is 5.92 Å². The standard InChI is InChI=1S/C13H20ClN3.C5H9F2N/c1-4-11-15-10(14)8-12(16-11)17-7-5-6-13(2,3)9-17;1-8-3-2-5(6,7)4-8/h8H,4-7,9H2,1-3H3;2-4H2,1H3. The van der Waals surface area contributed by atoms with Gasteiger partial charge in [0.15, 0.2) is 0 Å². The molecule has 0 aromatic carbocycles. The third-order valence-electron chi connectivity index (χ3n) is 4.63. The van der Waals surface area contributed by atoms with Crippen LogP contribution in [-0.2, 0) is 6.42 Å². The number of halogens is 3. The predicted octanol–water partition coefficient (Wildman–Crippen LogP) is 4.28. The smallest absolute Gasteiger partial charge is 0.261 e. The van der Waals surface area contributed by atoms with E-state index in [4.69, 9.17) is 11.6 Å². The molecule has 0 N–H and O–H groups in total. The number of nitrogens with zero attached hydrogens (tertiary/aromatic N) is 4. The van der Waals surface area contributed by atoms with Gasteiger partial charge in [0.1, 0.15) is 16.8 Å². The summed E-state index contributed by atoms with van der Waals surface area (Å²) in [5.41, 5.74) is 0.363. The molecule has 1 aromatic rings. The SMILES string of the molecule is CCc1nc(Cl)cc(N2CCCC(C)(C)C2)n1.CN1CCC(F)(F)C1. The Morgan fingerprint density at radius 2 is 1.88 bits per heavy atom. The fourth-order valence-corrected chi connectivity index (χ4v) is 3.49. The summed E-state index contributed by atoms with van der Waals surface area (Å²) in [6.45, 7) is 9.25. The van der Waals surface area contributed by atoms with Gasteiger partial charge in [-0.15, -0.1) is 0 Å². The third kappa shape index (κ3) is 6.33. The van der Waals surface area contributed by atoms with E-state index >= 15 is 0 Å². The molecule has 7 heteroatoms. The van der Waals surface area contributed by atoms with Gasteiger partial charge in [0.2, 0.25) is 0 Å². The summed E-state index contributed by atoms with van der Waals surface area (Å²) in [6.07, 6.45) is 3.35. The number of aromatic nitrogens is 2. The molecule has 2 fully saturated rings. The van der Waals surface area contributed by atoms with Gasteiger partial charge in [0.25, 0.3) is 5.92 Å². The lowest BCUT2D eigenvalue weighted by Gasteiger charge is -2.38. The maximum absolute atomic E-state index is 12.2. The van der Waals surface area contributed by atoms with Crippen molar-refractivity contribution in [2.45, 2.75) is 52.4 Å². The van der Waals surface area contributed by atoms with Gasteiger partial charge in [-0.1, -0.05) is 32.4 Å². The van der Waals surface area contributed by atoms with Crippen molar-refractivity contribution in [3.63, 3.8) is 0 Å². The Morgan fingerprint density at radius 1 is 1.16 bits per heavy atom. The van der Waals surface area contributed by atoms with E-state index in [2.05, 4.69) is 35.6 Å². The van der Waals surface area contributed by atoms with Crippen molar-refractivity contribution in [3.8, 4) is 0 Å². The Bertz CT molecular complexity index is 580. The van der Waals surface area contributed by atoms with Crippen molar-refractivity contribution in [2.75, 3.05) is 38.1 Å². The molecule has 2 saturated heterocycles. The number of likely N-dealkylation sites (tertiary alicyclic amines) is 1. The second kappa shape index (κ2) is 8.12. The molecule has 142 valence electrons. The predicted molar refractivity (Wildman–Crippen MR) is 98.7 cm³/mol. The average molecular weight is 375 g/mol. The Hall–Kier alpha value is -1.01. The number of anilines is 1. The van der Waals surface area contributed by atoms with Crippen molar-refractivity contribution in [1.29, 1.82) is 0 Å². The van der Waals surface area contributed by atoms with E-state index in [0.29, 0.717) is 17.1 Å². The first-order valence-corrected chi connectivity index (χ1v) is 9.33. The van der Waals surface area contributed by atoms with Crippen molar-refractivity contribution < 1.29 is 8.78 Å². The number of hydrogen-bond donors (Lipinski definition) is 0. The van der Waals surface area contributed by atoms with Crippen LogP contribution >= 0.6 is 11.6 Å². The minimum absolute atomic E-state index is 0.0312. The van der Waals surface area contributed by atoms with E-state index in [-0.39, 0.29) is 13.0 Å². The summed E-state index contributed by atoms with van der Waals surface area (Å²) >= 11 is 6.04. The lowest BCUT2D eigenvalue weighted by Crippen LogP contribution is -2.40. The molecule has 2 aliphatic rings. The van der Waals surface area contributed by atoms with E-state index in [1.807, 2.05) is 6.07 Å². The van der Waals surface area contributed by atoms with Crippen LogP contribution in [0.2, 0.25) is 5.15 Å². The van der Waals surface area contributed by atoms with Crippen LogP contribution < -0.4 is 4.90 Å². The largest absolute Gasteiger partial charge is 0.356 e. The van der Waals surface area contributed by atoms with Gasteiger partial charge >= 0.3 is 0 Å². The van der Waals surface area contributed by atoms with Gasteiger partial charge in [-0.3, -0.25) is 0 Å². The second-order valence-corrected chi connectivity index (χ2v) is 8.24. The fourth-order valence-electron chi connectivity index (χ4n) is 3.30. The van der Waals surface area contributed by atoms with E-state index in [9.17, 15) is 8.78 Å². The number of alkyl halides is 2. The molecule has 0 radical (unpaired) electrons. The summed E-state index contributed by atoms with van der Waals surface area (Å²) < 4.78 is 24.3. The Balaban J connectivity index is 0.000000236. The van der Waals surface area contributed by atoms with Gasteiger partial charge in [0, 0.05) is 38.5 Å². The van der Waals surface area contributed by atoms with E-state index in [1.165, 1.54) is 12.8 Å². The highest BCUT2D eigenvalue weighted by atomic mass is 35.5. The summed E-state index contributed by atoms with van der Waals surface area (Å²) in [5, 5.41) is 0.551. The minimum Gasteiger partial charge on any atom is -0.356 e. The lowest BCUT2D eigenvalue weighted by molar-refractivity contribution is 0.0146. The molecule has 2 aliphatic heterocycles. The van der Waals surface area contributed by atoms with Crippen LogP contribution in [0.4, 0.5) is 14.6 Å². The molecule has 3 rings (SSSR count). The molecule has 0 atom stereocenters. The number of rotatable bonds is 2. The van der Waals surface area contributed by atoms with Crippen LogP contribution in [0.5, 0.6) is 0 Å². The Labute approximate surface area is 154 Å². The molecule has 1 aromatic heterocycles. The van der Waals surface area contributed by atoms with E-state index in [0.717, 1.165) is 31.2 Å². The highest BCUT2D eigenvalue weighted by Crippen LogP contribution is 2.31. The molecule has 0 bridgehead atoms. The normalized spacial score (nSPS) is 22.4. The van der Waals surface area contributed by atoms with Crippen molar-refractivity contribution in [2.24, 2.45) is 5.41 Å². The maximum Gasteiger partial charge on any atom is 0.261 e. The molecular formula is C18H29ClF2N4. The molecule has 0 amide bonds. The fraction of sp³-hybridized carbons (Fsp3) is 0.778. The zero-order valence-corrected chi connectivity index (χ0v) is 16.4. The molecule has 4 nitrogen and oxygen atoms in total. The maximum atomic E-state index is 12.2. The molecule has 0 unspecified atom stereocenters. The molecular weight excluding hydrogens is 346 g/mol. The first kappa shape index (κ1) is 20.3.